The van der Waals surface area contributed by atoms with Gasteiger partial charge in [-0.3, -0.25) is 0 Å². The Morgan fingerprint density at radius 2 is 1.24 bits per heavy atom. The summed E-state index contributed by atoms with van der Waals surface area (Å²) in [4.78, 5) is 12.5. The Hall–Kier alpha value is -3.47. The van der Waals surface area contributed by atoms with Gasteiger partial charge in [0.25, 0.3) is 0 Å². The molecule has 0 atom stereocenters. The van der Waals surface area contributed by atoms with Crippen LogP contribution in [0.15, 0.2) is 66.7 Å². The fourth-order valence-corrected chi connectivity index (χ4v) is 3.29. The number of hydrogen-bond acceptors (Lipinski definition) is 5. The molecule has 0 radical (unpaired) electrons. The summed E-state index contributed by atoms with van der Waals surface area (Å²) < 4.78 is 5.79. The zero-order valence-electron chi connectivity index (χ0n) is 13.0. The van der Waals surface area contributed by atoms with E-state index in [4.69, 9.17) is 4.74 Å². The van der Waals surface area contributed by atoms with E-state index < -0.39 is 11.6 Å². The van der Waals surface area contributed by atoms with Crippen molar-refractivity contribution < 1.29 is 24.9 Å². The fraction of sp³-hybridized carbons (Fsp3) is 0.0500. The average Bonchev–Trinajstić information content (AvgIpc) is 2.91. The Morgan fingerprint density at radius 1 is 0.720 bits per heavy atom. The van der Waals surface area contributed by atoms with Crippen molar-refractivity contribution in [3.63, 3.8) is 0 Å². The van der Waals surface area contributed by atoms with Gasteiger partial charge in [0.15, 0.2) is 5.60 Å². The maximum Gasteiger partial charge on any atom is 0.340 e. The van der Waals surface area contributed by atoms with Crippen LogP contribution in [-0.4, -0.2) is 21.3 Å². The van der Waals surface area contributed by atoms with Crippen LogP contribution in [0.25, 0.3) is 0 Å². The lowest BCUT2D eigenvalue weighted by atomic mass is 9.79. The summed E-state index contributed by atoms with van der Waals surface area (Å²) in [6.45, 7) is 0. The monoisotopic (exact) mass is 334 g/mol. The van der Waals surface area contributed by atoms with Gasteiger partial charge >= 0.3 is 5.97 Å². The van der Waals surface area contributed by atoms with Crippen molar-refractivity contribution >= 4 is 5.97 Å². The van der Waals surface area contributed by atoms with Crippen LogP contribution in [0, 0.1) is 0 Å². The second kappa shape index (κ2) is 5.27. The number of esters is 1. The minimum absolute atomic E-state index is 0.0653. The second-order valence-electron chi connectivity index (χ2n) is 5.86. The molecule has 3 N–H and O–H groups in total. The number of fused-ring (bicyclic) bond motifs is 1. The number of carbonyl (C=O) groups is 1. The van der Waals surface area contributed by atoms with Crippen LogP contribution in [-0.2, 0) is 10.3 Å². The van der Waals surface area contributed by atoms with Crippen molar-refractivity contribution in [1.29, 1.82) is 0 Å². The molecule has 124 valence electrons. The molecule has 0 unspecified atom stereocenters. The predicted octanol–water partition coefficient (Wildman–Crippen LogP) is 3.27. The fourth-order valence-electron chi connectivity index (χ4n) is 3.29. The van der Waals surface area contributed by atoms with Gasteiger partial charge in [0.05, 0.1) is 11.1 Å². The van der Waals surface area contributed by atoms with E-state index in [1.54, 1.807) is 36.4 Å². The van der Waals surface area contributed by atoms with Crippen molar-refractivity contribution in [1.82, 2.24) is 0 Å². The highest BCUT2D eigenvalue weighted by molar-refractivity contribution is 5.97. The molecule has 1 heterocycles. The topological polar surface area (TPSA) is 87.0 Å². The van der Waals surface area contributed by atoms with E-state index in [1.807, 2.05) is 0 Å². The van der Waals surface area contributed by atoms with Crippen molar-refractivity contribution in [2.24, 2.45) is 0 Å². The summed E-state index contributed by atoms with van der Waals surface area (Å²) in [6, 6.07) is 17.2. The first-order valence-corrected chi connectivity index (χ1v) is 7.67. The summed E-state index contributed by atoms with van der Waals surface area (Å²) in [5.74, 6) is -0.463. The molecule has 0 amide bonds. The van der Waals surface area contributed by atoms with Crippen molar-refractivity contribution in [3.05, 3.63) is 89.0 Å². The molecule has 3 aromatic carbocycles. The van der Waals surface area contributed by atoms with E-state index in [9.17, 15) is 20.1 Å². The lowest BCUT2D eigenvalue weighted by molar-refractivity contribution is 0.0248. The highest BCUT2D eigenvalue weighted by Crippen LogP contribution is 2.50. The van der Waals surface area contributed by atoms with Gasteiger partial charge in [0, 0.05) is 11.1 Å². The molecule has 0 spiro atoms. The molecule has 4 rings (SSSR count). The highest BCUT2D eigenvalue weighted by Gasteiger charge is 2.50. The number of phenols is 3. The first-order valence-electron chi connectivity index (χ1n) is 7.67. The average molecular weight is 334 g/mol. The van der Waals surface area contributed by atoms with E-state index in [1.165, 1.54) is 30.3 Å². The Kier molecular flexibility index (Phi) is 3.18. The minimum atomic E-state index is -1.36. The Balaban J connectivity index is 2.07. The first-order chi connectivity index (χ1) is 12.0. The molecule has 0 bridgehead atoms. The summed E-state index contributed by atoms with van der Waals surface area (Å²) in [6.07, 6.45) is 0. The molecule has 0 aromatic heterocycles. The quantitative estimate of drug-likeness (QED) is 0.626. The van der Waals surface area contributed by atoms with Gasteiger partial charge in [-0.1, -0.05) is 30.3 Å². The molecule has 0 fully saturated rings. The minimum Gasteiger partial charge on any atom is -0.508 e. The lowest BCUT2D eigenvalue weighted by Crippen LogP contribution is -2.29. The standard InChI is InChI=1S/C20H14O5/c21-14-8-4-12(5-9-14)20(13-6-10-15(22)11-7-13)18-16(19(24)25-20)2-1-3-17(18)23/h1-11,21-23H. The highest BCUT2D eigenvalue weighted by atomic mass is 16.6. The van der Waals surface area contributed by atoms with E-state index in [-0.39, 0.29) is 22.8 Å². The third-order valence-electron chi connectivity index (χ3n) is 4.41. The normalized spacial score (nSPS) is 14.8. The summed E-state index contributed by atoms with van der Waals surface area (Å²) in [5.41, 5.74) is 0.408. The van der Waals surface area contributed by atoms with Gasteiger partial charge in [0.2, 0.25) is 0 Å². The number of aromatic hydroxyl groups is 3. The molecule has 25 heavy (non-hydrogen) atoms. The van der Waals surface area contributed by atoms with E-state index in [0.29, 0.717) is 16.7 Å². The van der Waals surface area contributed by atoms with Crippen LogP contribution in [0.1, 0.15) is 27.0 Å². The molecule has 5 heteroatoms. The molecule has 0 aliphatic carbocycles. The van der Waals surface area contributed by atoms with Crippen LogP contribution in [0.3, 0.4) is 0 Å². The molecule has 1 aliphatic heterocycles. The number of ether oxygens (including phenoxy) is 1. The largest absolute Gasteiger partial charge is 0.508 e. The maximum absolute atomic E-state index is 12.5. The van der Waals surface area contributed by atoms with E-state index in [2.05, 4.69) is 0 Å². The number of cyclic esters (lactones) is 1. The van der Waals surface area contributed by atoms with Crippen molar-refractivity contribution in [2.45, 2.75) is 5.60 Å². The van der Waals surface area contributed by atoms with Crippen LogP contribution >= 0.6 is 0 Å². The molecular formula is C20H14O5. The first kappa shape index (κ1) is 15.1. The Labute approximate surface area is 143 Å². The summed E-state index contributed by atoms with van der Waals surface area (Å²) in [5, 5.41) is 29.7. The maximum atomic E-state index is 12.5. The number of carbonyl (C=O) groups excluding carboxylic acids is 1. The van der Waals surface area contributed by atoms with Gasteiger partial charge in [-0.05, 0) is 36.4 Å². The van der Waals surface area contributed by atoms with Gasteiger partial charge in [-0.15, -0.1) is 0 Å². The SMILES string of the molecule is O=C1OC(c2ccc(O)cc2)(c2ccc(O)cc2)c2c(O)cccc21. The van der Waals surface area contributed by atoms with Crippen LogP contribution in [0.2, 0.25) is 0 Å². The summed E-state index contributed by atoms with van der Waals surface area (Å²) in [7, 11) is 0. The molecule has 1 aliphatic rings. The van der Waals surface area contributed by atoms with Crippen molar-refractivity contribution in [2.75, 3.05) is 0 Å². The number of rotatable bonds is 2. The second-order valence-corrected chi connectivity index (χ2v) is 5.86. The Bertz CT molecular complexity index is 913. The van der Waals surface area contributed by atoms with E-state index in [0.717, 1.165) is 0 Å². The Morgan fingerprint density at radius 3 is 1.76 bits per heavy atom. The number of benzene rings is 3. The zero-order chi connectivity index (χ0) is 17.6. The van der Waals surface area contributed by atoms with Gasteiger partial charge in [0.1, 0.15) is 17.2 Å². The molecule has 5 nitrogen and oxygen atoms in total. The van der Waals surface area contributed by atoms with Gasteiger partial charge in [-0.25, -0.2) is 4.79 Å². The third kappa shape index (κ3) is 2.13. The molecular weight excluding hydrogens is 320 g/mol. The number of hydrogen-bond donors (Lipinski definition) is 3. The van der Waals surface area contributed by atoms with Crippen molar-refractivity contribution in [3.8, 4) is 17.2 Å². The number of phenolic OH excluding ortho intramolecular Hbond substituents is 3. The van der Waals surface area contributed by atoms with Crippen LogP contribution < -0.4 is 0 Å². The van der Waals surface area contributed by atoms with E-state index >= 15 is 0 Å². The molecule has 0 saturated heterocycles. The summed E-state index contributed by atoms with van der Waals surface area (Å²) >= 11 is 0. The van der Waals surface area contributed by atoms with Gasteiger partial charge < -0.3 is 20.1 Å². The predicted molar refractivity (Wildman–Crippen MR) is 89.6 cm³/mol. The smallest absolute Gasteiger partial charge is 0.340 e. The third-order valence-corrected chi connectivity index (χ3v) is 4.41. The van der Waals surface area contributed by atoms with Crippen LogP contribution in [0.4, 0.5) is 0 Å². The molecule has 0 saturated carbocycles. The molecule has 3 aromatic rings. The van der Waals surface area contributed by atoms with Gasteiger partial charge in [-0.2, -0.15) is 0 Å². The zero-order valence-corrected chi connectivity index (χ0v) is 13.0. The van der Waals surface area contributed by atoms with Crippen LogP contribution in [0.5, 0.6) is 17.2 Å². The lowest BCUT2D eigenvalue weighted by Gasteiger charge is -2.30.